The van der Waals surface area contributed by atoms with Crippen LogP contribution < -0.4 is 16.0 Å². The average Bonchev–Trinajstić information content (AvgIpc) is 2.50. The lowest BCUT2D eigenvalue weighted by Crippen LogP contribution is -2.36. The van der Waals surface area contributed by atoms with E-state index in [4.69, 9.17) is 10.6 Å². The van der Waals surface area contributed by atoms with E-state index in [1.165, 1.54) is 15.9 Å². The fourth-order valence-corrected chi connectivity index (χ4v) is 1.56. The highest BCUT2D eigenvalue weighted by atomic mass is 16.5. The third-order valence-corrected chi connectivity index (χ3v) is 2.80. The van der Waals surface area contributed by atoms with Gasteiger partial charge >= 0.3 is 0 Å². The molecule has 3 N–H and O–H groups in total. The van der Waals surface area contributed by atoms with Crippen molar-refractivity contribution in [2.45, 2.75) is 6.54 Å². The van der Waals surface area contributed by atoms with Crippen molar-refractivity contribution < 1.29 is 14.3 Å². The number of carbonyl (C=O) groups excluding carboxylic acids is 2. The molecule has 0 aliphatic rings. The maximum atomic E-state index is 11.7. The lowest BCUT2D eigenvalue weighted by Gasteiger charge is -2.21. The van der Waals surface area contributed by atoms with E-state index in [-0.39, 0.29) is 18.3 Å². The summed E-state index contributed by atoms with van der Waals surface area (Å²) in [4.78, 5) is 25.6. The van der Waals surface area contributed by atoms with Crippen LogP contribution in [0, 0.1) is 0 Å². The summed E-state index contributed by atoms with van der Waals surface area (Å²) in [5.74, 6) is 6.06. The Morgan fingerprint density at radius 1 is 1.33 bits per heavy atom. The molecule has 7 nitrogen and oxygen atoms in total. The summed E-state index contributed by atoms with van der Waals surface area (Å²) in [7, 11) is 4.81. The molecule has 21 heavy (non-hydrogen) atoms. The highest BCUT2D eigenvalue weighted by molar-refractivity contribution is 5.88. The molecule has 1 aromatic rings. The number of hydrogen-bond acceptors (Lipinski definition) is 5. The zero-order chi connectivity index (χ0) is 15.8. The van der Waals surface area contributed by atoms with Gasteiger partial charge in [0.1, 0.15) is 11.6 Å². The van der Waals surface area contributed by atoms with Crippen LogP contribution in [-0.4, -0.2) is 43.3 Å². The second-order valence-electron chi connectivity index (χ2n) is 4.49. The second kappa shape index (κ2) is 7.91. The first-order valence-electron chi connectivity index (χ1n) is 6.26. The van der Waals surface area contributed by atoms with Crippen molar-refractivity contribution >= 4 is 12.3 Å². The first-order chi connectivity index (χ1) is 10.0. The van der Waals surface area contributed by atoms with Gasteiger partial charge in [-0.05, 0) is 17.7 Å². The summed E-state index contributed by atoms with van der Waals surface area (Å²) in [6, 6.07) is 7.25. The molecular formula is C14H20N4O3. The van der Waals surface area contributed by atoms with Crippen LogP contribution in [0.25, 0.3) is 0 Å². The van der Waals surface area contributed by atoms with Crippen LogP contribution in [0.1, 0.15) is 5.56 Å². The van der Waals surface area contributed by atoms with Crippen molar-refractivity contribution in [3.05, 3.63) is 41.7 Å². The number of methoxy groups -OCH3 is 1. The lowest BCUT2D eigenvalue weighted by molar-refractivity contribution is -0.123. The minimum absolute atomic E-state index is 0.222. The van der Waals surface area contributed by atoms with Crippen molar-refractivity contribution in [2.75, 3.05) is 21.2 Å². The predicted molar refractivity (Wildman–Crippen MR) is 78.7 cm³/mol. The number of rotatable bonds is 7. The fraction of sp³-hybridized carbons (Fsp3) is 0.286. The molecule has 0 aliphatic carbocycles. The molecule has 0 aliphatic heterocycles. The van der Waals surface area contributed by atoms with Crippen LogP contribution in [-0.2, 0) is 16.1 Å². The first kappa shape index (κ1) is 16.5. The molecule has 0 saturated carbocycles. The van der Waals surface area contributed by atoms with E-state index in [2.05, 4.69) is 5.43 Å². The maximum absolute atomic E-state index is 11.7. The normalized spacial score (nSPS) is 10.8. The minimum Gasteiger partial charge on any atom is -0.497 e. The van der Waals surface area contributed by atoms with Gasteiger partial charge in [-0.3, -0.25) is 14.5 Å². The predicted octanol–water partition coefficient (Wildman–Crippen LogP) is 0.0465. The number of nitrogens with zero attached hydrogens (tertiary/aromatic N) is 2. The van der Waals surface area contributed by atoms with Gasteiger partial charge in [0.05, 0.1) is 13.7 Å². The Balaban J connectivity index is 2.89. The molecule has 1 rings (SSSR count). The Bertz CT molecular complexity index is 511. The van der Waals surface area contributed by atoms with E-state index < -0.39 is 0 Å². The average molecular weight is 292 g/mol. The van der Waals surface area contributed by atoms with Crippen LogP contribution in [0.3, 0.4) is 0 Å². The van der Waals surface area contributed by atoms with Crippen molar-refractivity contribution in [3.63, 3.8) is 0 Å². The van der Waals surface area contributed by atoms with E-state index >= 15 is 0 Å². The van der Waals surface area contributed by atoms with Crippen LogP contribution in [0.4, 0.5) is 0 Å². The van der Waals surface area contributed by atoms with E-state index in [0.29, 0.717) is 6.41 Å². The number of amides is 2. The number of benzene rings is 1. The van der Waals surface area contributed by atoms with E-state index in [1.807, 2.05) is 12.1 Å². The first-order valence-corrected chi connectivity index (χ1v) is 6.26. The van der Waals surface area contributed by atoms with Crippen LogP contribution in [0.15, 0.2) is 36.2 Å². The van der Waals surface area contributed by atoms with Gasteiger partial charge < -0.3 is 15.1 Å². The molecular weight excluding hydrogens is 272 g/mol. The summed E-state index contributed by atoms with van der Waals surface area (Å²) in [5, 5.41) is 0. The van der Waals surface area contributed by atoms with Gasteiger partial charge in [-0.15, -0.1) is 0 Å². The SMILES string of the molecule is COc1ccc(CN(C=O)/C(=C\C(=O)N(C)C)NN)cc1. The molecule has 0 unspecified atom stereocenters. The number of carbonyl (C=O) groups is 2. The third-order valence-electron chi connectivity index (χ3n) is 2.80. The maximum Gasteiger partial charge on any atom is 0.249 e. The van der Waals surface area contributed by atoms with Crippen LogP contribution in [0.5, 0.6) is 5.75 Å². The molecule has 114 valence electrons. The van der Waals surface area contributed by atoms with Gasteiger partial charge in [0, 0.05) is 20.2 Å². The van der Waals surface area contributed by atoms with Gasteiger partial charge in [0.15, 0.2) is 0 Å². The number of ether oxygens (including phenoxy) is 1. The van der Waals surface area contributed by atoms with Crippen molar-refractivity contribution in [3.8, 4) is 5.75 Å². The Morgan fingerprint density at radius 3 is 2.38 bits per heavy atom. The Labute approximate surface area is 123 Å². The molecule has 0 fully saturated rings. The van der Waals surface area contributed by atoms with Crippen molar-refractivity contribution in [2.24, 2.45) is 5.84 Å². The van der Waals surface area contributed by atoms with Crippen LogP contribution in [0.2, 0.25) is 0 Å². The van der Waals surface area contributed by atoms with E-state index in [1.54, 1.807) is 33.3 Å². The molecule has 7 heteroatoms. The summed E-state index contributed by atoms with van der Waals surface area (Å²) in [5.41, 5.74) is 3.24. The molecule has 0 aromatic heterocycles. The summed E-state index contributed by atoms with van der Waals surface area (Å²) in [6.45, 7) is 0.282. The van der Waals surface area contributed by atoms with Crippen molar-refractivity contribution in [1.82, 2.24) is 15.2 Å². The third kappa shape index (κ3) is 4.81. The van der Waals surface area contributed by atoms with Crippen molar-refractivity contribution in [1.29, 1.82) is 0 Å². The Morgan fingerprint density at radius 2 is 1.95 bits per heavy atom. The number of likely N-dealkylation sites (N-methyl/N-ethyl adjacent to an activating group) is 1. The number of nitrogens with two attached hydrogens (primary N) is 1. The van der Waals surface area contributed by atoms with Gasteiger partial charge in [0.25, 0.3) is 0 Å². The quantitative estimate of drug-likeness (QED) is 0.321. The molecule has 0 radical (unpaired) electrons. The van der Waals surface area contributed by atoms with E-state index in [0.717, 1.165) is 11.3 Å². The number of hydrazine groups is 1. The Hall–Kier alpha value is -2.54. The zero-order valence-electron chi connectivity index (χ0n) is 12.4. The Kier molecular flexibility index (Phi) is 6.22. The molecule has 0 saturated heterocycles. The molecule has 0 heterocycles. The largest absolute Gasteiger partial charge is 0.497 e. The highest BCUT2D eigenvalue weighted by Gasteiger charge is 2.11. The van der Waals surface area contributed by atoms with E-state index in [9.17, 15) is 9.59 Å². The molecule has 2 amide bonds. The van der Waals surface area contributed by atoms with Gasteiger partial charge in [-0.2, -0.15) is 0 Å². The van der Waals surface area contributed by atoms with Crippen LogP contribution >= 0.6 is 0 Å². The smallest absolute Gasteiger partial charge is 0.249 e. The second-order valence-corrected chi connectivity index (χ2v) is 4.49. The molecule has 0 bridgehead atoms. The highest BCUT2D eigenvalue weighted by Crippen LogP contribution is 2.13. The van der Waals surface area contributed by atoms with Gasteiger partial charge in [-0.1, -0.05) is 12.1 Å². The topological polar surface area (TPSA) is 87.9 Å². The number of nitrogens with one attached hydrogen (secondary N) is 1. The number of hydrogen-bond donors (Lipinski definition) is 2. The van der Waals surface area contributed by atoms with Gasteiger partial charge in [0.2, 0.25) is 12.3 Å². The lowest BCUT2D eigenvalue weighted by atomic mass is 10.2. The fourth-order valence-electron chi connectivity index (χ4n) is 1.56. The summed E-state index contributed by atoms with van der Waals surface area (Å²) >= 11 is 0. The molecule has 0 atom stereocenters. The minimum atomic E-state index is -0.274. The zero-order valence-corrected chi connectivity index (χ0v) is 12.4. The monoisotopic (exact) mass is 292 g/mol. The molecule has 0 spiro atoms. The summed E-state index contributed by atoms with van der Waals surface area (Å²) < 4.78 is 5.07. The van der Waals surface area contributed by atoms with Gasteiger partial charge in [-0.25, -0.2) is 5.84 Å². The summed E-state index contributed by atoms with van der Waals surface area (Å²) in [6.07, 6.45) is 1.87. The molecule has 1 aromatic carbocycles. The standard InChI is InChI=1S/C14H20N4O3/c1-17(2)14(20)8-13(16-15)18(10-19)9-11-4-6-12(21-3)7-5-11/h4-8,10,16H,9,15H2,1-3H3/b13-8-.